The maximum Gasteiger partial charge on any atom is 0.265 e. The van der Waals surface area contributed by atoms with Crippen molar-refractivity contribution in [3.05, 3.63) is 103 Å². The van der Waals surface area contributed by atoms with Crippen LogP contribution in [0.4, 0.5) is 11.6 Å². The molecule has 1 N–H and O–H groups in total. The van der Waals surface area contributed by atoms with Crippen molar-refractivity contribution >= 4 is 28.4 Å². The van der Waals surface area contributed by atoms with Gasteiger partial charge in [0, 0.05) is 29.5 Å². The number of nitrogens with one attached hydrogen (secondary N) is 1. The average molecular weight is 391 g/mol. The highest BCUT2D eigenvalue weighted by Crippen LogP contribution is 2.29. The second-order valence-corrected chi connectivity index (χ2v) is 6.71. The lowest BCUT2D eigenvalue weighted by molar-refractivity contribution is 0.0999. The molecule has 0 unspecified atom stereocenters. The van der Waals surface area contributed by atoms with E-state index in [1.54, 1.807) is 35.8 Å². The Balaban J connectivity index is 1.63. The number of aromatic nitrogens is 4. The summed E-state index contributed by atoms with van der Waals surface area (Å²) in [6.07, 6.45) is 6.83. The van der Waals surface area contributed by atoms with E-state index in [0.717, 1.165) is 27.8 Å². The summed E-state index contributed by atoms with van der Waals surface area (Å²) in [6.45, 7) is 0. The van der Waals surface area contributed by atoms with E-state index in [4.69, 9.17) is 0 Å². The number of pyridine rings is 2. The molecule has 30 heavy (non-hydrogen) atoms. The fourth-order valence-corrected chi connectivity index (χ4v) is 3.41. The molecule has 0 radical (unpaired) electrons. The lowest BCUT2D eigenvalue weighted by atomic mass is 10.1. The molecule has 144 valence electrons. The number of H-pyrrole nitrogens is 1. The van der Waals surface area contributed by atoms with Gasteiger partial charge in [0.05, 0.1) is 28.7 Å². The highest BCUT2D eigenvalue weighted by molar-refractivity contribution is 6.16. The Morgan fingerprint density at radius 3 is 2.47 bits per heavy atom. The molecular formula is C24H17N5O. The third-order valence-electron chi connectivity index (χ3n) is 4.84. The molecule has 6 nitrogen and oxygen atoms in total. The number of fused-ring (bicyclic) bond motifs is 1. The van der Waals surface area contributed by atoms with Crippen LogP contribution in [0.1, 0.15) is 10.4 Å². The molecular weight excluding hydrogens is 374 g/mol. The number of hydrogen-bond acceptors (Lipinski definition) is 4. The number of anilines is 2. The zero-order chi connectivity index (χ0) is 20.3. The first-order chi connectivity index (χ1) is 14.8. The summed E-state index contributed by atoms with van der Waals surface area (Å²) in [5.41, 5.74) is 3.73. The normalized spacial score (nSPS) is 10.8. The number of benzene rings is 2. The number of nitrogens with zero attached hydrogens (tertiary/aromatic N) is 4. The van der Waals surface area contributed by atoms with Gasteiger partial charge in [-0.2, -0.15) is 0 Å². The monoisotopic (exact) mass is 391 g/mol. The van der Waals surface area contributed by atoms with Gasteiger partial charge in [0.2, 0.25) is 5.95 Å². The summed E-state index contributed by atoms with van der Waals surface area (Å²) >= 11 is 0. The van der Waals surface area contributed by atoms with Gasteiger partial charge >= 0.3 is 0 Å². The summed E-state index contributed by atoms with van der Waals surface area (Å²) < 4.78 is 0. The lowest BCUT2D eigenvalue weighted by Crippen LogP contribution is -2.27. The molecule has 2 aromatic carbocycles. The molecule has 6 heteroatoms. The van der Waals surface area contributed by atoms with E-state index >= 15 is 0 Å². The van der Waals surface area contributed by atoms with Gasteiger partial charge in [-0.05, 0) is 36.4 Å². The molecule has 0 aliphatic carbocycles. The summed E-state index contributed by atoms with van der Waals surface area (Å²) in [5, 5.41) is 0.796. The smallest absolute Gasteiger partial charge is 0.265 e. The number of carbonyl (C=O) groups is 1. The lowest BCUT2D eigenvalue weighted by Gasteiger charge is -2.21. The fraction of sp³-hybridized carbons (Fsp3) is 0. The Bertz CT molecular complexity index is 1310. The van der Waals surface area contributed by atoms with Gasteiger partial charge in [-0.15, -0.1) is 0 Å². The van der Waals surface area contributed by atoms with Crippen LogP contribution in [-0.2, 0) is 0 Å². The summed E-state index contributed by atoms with van der Waals surface area (Å²) in [5.74, 6) is 0.248. The molecule has 0 saturated carbocycles. The van der Waals surface area contributed by atoms with Gasteiger partial charge < -0.3 is 4.98 Å². The van der Waals surface area contributed by atoms with Gasteiger partial charge in [0.15, 0.2) is 0 Å². The Labute approximate surface area is 172 Å². The topological polar surface area (TPSA) is 74.8 Å². The van der Waals surface area contributed by atoms with Crippen molar-refractivity contribution in [3.63, 3.8) is 0 Å². The Morgan fingerprint density at radius 2 is 1.63 bits per heavy atom. The first kappa shape index (κ1) is 17.8. The van der Waals surface area contributed by atoms with E-state index in [1.807, 2.05) is 66.7 Å². The number of hydrogen-bond donors (Lipinski definition) is 1. The van der Waals surface area contributed by atoms with Crippen molar-refractivity contribution < 1.29 is 4.79 Å². The molecule has 0 aliphatic heterocycles. The third-order valence-corrected chi connectivity index (χ3v) is 4.84. The molecule has 3 heterocycles. The molecule has 1 amide bonds. The Kier molecular flexibility index (Phi) is 4.50. The summed E-state index contributed by atoms with van der Waals surface area (Å²) in [7, 11) is 0. The van der Waals surface area contributed by atoms with E-state index in [0.29, 0.717) is 11.5 Å². The maximum absolute atomic E-state index is 13.7. The standard InChI is InChI=1S/C24H17N5O/c30-23(20-12-14-26-21-11-5-4-10-19(20)21)29(18-8-2-1-3-9-18)24-27-16-22(28-24)17-7-6-13-25-15-17/h1-16H,(H,27,28). The SMILES string of the molecule is O=C(c1ccnc2ccccc12)N(c1ccccc1)c1ncc(-c2cccnc2)[nH]1. The van der Waals surface area contributed by atoms with Gasteiger partial charge in [0.25, 0.3) is 5.91 Å². The molecule has 5 aromatic rings. The maximum atomic E-state index is 13.7. The Hall–Kier alpha value is -4.32. The third kappa shape index (κ3) is 3.20. The first-order valence-corrected chi connectivity index (χ1v) is 9.50. The van der Waals surface area contributed by atoms with Crippen LogP contribution in [0.2, 0.25) is 0 Å². The van der Waals surface area contributed by atoms with E-state index in [1.165, 1.54) is 0 Å². The van der Waals surface area contributed by atoms with E-state index in [9.17, 15) is 4.79 Å². The number of aromatic amines is 1. The number of para-hydroxylation sites is 2. The molecule has 5 rings (SSSR count). The highest BCUT2D eigenvalue weighted by Gasteiger charge is 2.24. The first-order valence-electron chi connectivity index (χ1n) is 9.50. The zero-order valence-electron chi connectivity index (χ0n) is 15.9. The van der Waals surface area contributed by atoms with Crippen molar-refractivity contribution in [2.75, 3.05) is 4.90 Å². The van der Waals surface area contributed by atoms with Crippen molar-refractivity contribution in [2.45, 2.75) is 0 Å². The summed E-state index contributed by atoms with van der Waals surface area (Å²) in [6, 6.07) is 22.6. The van der Waals surface area contributed by atoms with Gasteiger partial charge in [-0.25, -0.2) is 9.88 Å². The van der Waals surface area contributed by atoms with Crippen LogP contribution in [0.5, 0.6) is 0 Å². The molecule has 0 spiro atoms. The van der Waals surface area contributed by atoms with Gasteiger partial charge in [0.1, 0.15) is 0 Å². The van der Waals surface area contributed by atoms with Crippen LogP contribution >= 0.6 is 0 Å². The van der Waals surface area contributed by atoms with E-state index in [-0.39, 0.29) is 5.91 Å². The van der Waals surface area contributed by atoms with Crippen LogP contribution in [0.25, 0.3) is 22.2 Å². The van der Waals surface area contributed by atoms with E-state index in [2.05, 4.69) is 19.9 Å². The predicted octanol–water partition coefficient (Wildman–Crippen LogP) is 5.00. The molecule has 0 aliphatic rings. The number of imidazole rings is 1. The predicted molar refractivity (Wildman–Crippen MR) is 116 cm³/mol. The minimum atomic E-state index is -0.188. The van der Waals surface area contributed by atoms with Crippen molar-refractivity contribution in [2.24, 2.45) is 0 Å². The van der Waals surface area contributed by atoms with Crippen LogP contribution in [-0.4, -0.2) is 25.8 Å². The molecule has 0 fully saturated rings. The molecule has 0 atom stereocenters. The number of rotatable bonds is 4. The Morgan fingerprint density at radius 1 is 0.800 bits per heavy atom. The number of carbonyl (C=O) groups excluding carboxylic acids is 1. The zero-order valence-corrected chi connectivity index (χ0v) is 15.9. The van der Waals surface area contributed by atoms with E-state index < -0.39 is 0 Å². The van der Waals surface area contributed by atoms with Crippen LogP contribution in [0, 0.1) is 0 Å². The van der Waals surface area contributed by atoms with Crippen LogP contribution in [0.15, 0.2) is 97.6 Å². The molecule has 3 aromatic heterocycles. The molecule has 0 saturated heterocycles. The second-order valence-electron chi connectivity index (χ2n) is 6.71. The average Bonchev–Trinajstić information content (AvgIpc) is 3.30. The van der Waals surface area contributed by atoms with Crippen LogP contribution < -0.4 is 4.90 Å². The minimum absolute atomic E-state index is 0.188. The van der Waals surface area contributed by atoms with Gasteiger partial charge in [-0.3, -0.25) is 14.8 Å². The quantitative estimate of drug-likeness (QED) is 0.468. The highest BCUT2D eigenvalue weighted by atomic mass is 16.2. The fourth-order valence-electron chi connectivity index (χ4n) is 3.41. The van der Waals surface area contributed by atoms with Crippen molar-refractivity contribution in [3.8, 4) is 11.3 Å². The number of amides is 1. The van der Waals surface area contributed by atoms with Gasteiger partial charge in [-0.1, -0.05) is 36.4 Å². The van der Waals surface area contributed by atoms with Crippen LogP contribution in [0.3, 0.4) is 0 Å². The van der Waals surface area contributed by atoms with Crippen molar-refractivity contribution in [1.82, 2.24) is 19.9 Å². The second kappa shape index (κ2) is 7.60. The molecule has 0 bridgehead atoms. The minimum Gasteiger partial charge on any atom is -0.323 e. The largest absolute Gasteiger partial charge is 0.323 e. The summed E-state index contributed by atoms with van der Waals surface area (Å²) in [4.78, 5) is 31.6. The van der Waals surface area contributed by atoms with Crippen molar-refractivity contribution in [1.29, 1.82) is 0 Å².